The molecular formula is C9H15N3O2S. The Hall–Kier alpha value is -0.880. The van der Waals surface area contributed by atoms with Crippen molar-refractivity contribution in [2.45, 2.75) is 19.3 Å². The van der Waals surface area contributed by atoms with Crippen LogP contribution in [-0.2, 0) is 10.0 Å². The van der Waals surface area contributed by atoms with E-state index in [4.69, 9.17) is 5.73 Å². The third kappa shape index (κ3) is 2.21. The summed E-state index contributed by atoms with van der Waals surface area (Å²) in [5.41, 5.74) is 5.89. The van der Waals surface area contributed by atoms with Crippen molar-refractivity contribution in [3.8, 4) is 0 Å². The van der Waals surface area contributed by atoms with E-state index in [-0.39, 0.29) is 4.91 Å². The van der Waals surface area contributed by atoms with Crippen LogP contribution in [0.4, 0.5) is 0 Å². The molecule has 0 aliphatic carbocycles. The number of hydrogen-bond acceptors (Lipinski definition) is 4. The smallest absolute Gasteiger partial charge is 0.281 e. The highest BCUT2D eigenvalue weighted by atomic mass is 32.2. The number of sulfonamides is 1. The predicted molar refractivity (Wildman–Crippen MR) is 58.9 cm³/mol. The molecule has 0 aromatic rings. The molecule has 0 unspecified atom stereocenters. The zero-order valence-electron chi connectivity index (χ0n) is 8.52. The Balaban J connectivity index is 2.09. The van der Waals surface area contributed by atoms with E-state index in [1.807, 2.05) is 0 Å². The van der Waals surface area contributed by atoms with Crippen molar-refractivity contribution in [1.29, 1.82) is 0 Å². The predicted octanol–water partition coefficient (Wildman–Crippen LogP) is 0.0568. The van der Waals surface area contributed by atoms with Crippen molar-refractivity contribution < 1.29 is 8.42 Å². The zero-order valence-corrected chi connectivity index (χ0v) is 9.33. The van der Waals surface area contributed by atoms with E-state index in [9.17, 15) is 8.42 Å². The van der Waals surface area contributed by atoms with Gasteiger partial charge in [0.2, 0.25) is 0 Å². The lowest BCUT2D eigenvalue weighted by molar-refractivity contribution is 0.249. The first-order chi connectivity index (χ1) is 7.09. The van der Waals surface area contributed by atoms with Crippen LogP contribution in [0.15, 0.2) is 15.0 Å². The Morgan fingerprint density at radius 3 is 2.53 bits per heavy atom. The number of piperidine rings is 1. The molecule has 0 aromatic heterocycles. The van der Waals surface area contributed by atoms with Crippen LogP contribution < -0.4 is 5.73 Å². The molecule has 0 atom stereocenters. The molecular weight excluding hydrogens is 214 g/mol. The van der Waals surface area contributed by atoms with Gasteiger partial charge in [-0.15, -0.1) is 0 Å². The summed E-state index contributed by atoms with van der Waals surface area (Å²) < 4.78 is 26.4. The summed E-state index contributed by atoms with van der Waals surface area (Å²) in [6, 6.07) is 0. The average molecular weight is 229 g/mol. The Morgan fingerprint density at radius 1 is 1.33 bits per heavy atom. The molecule has 0 aromatic carbocycles. The van der Waals surface area contributed by atoms with Crippen LogP contribution in [0.5, 0.6) is 0 Å². The minimum Gasteiger partial charge on any atom is -0.397 e. The van der Waals surface area contributed by atoms with Crippen LogP contribution in [0.3, 0.4) is 0 Å². The lowest BCUT2D eigenvalue weighted by Gasteiger charge is -2.26. The third-order valence-electron chi connectivity index (χ3n) is 2.78. The molecule has 2 rings (SSSR count). The number of rotatable bonds is 2. The molecule has 1 fully saturated rings. The van der Waals surface area contributed by atoms with Gasteiger partial charge < -0.3 is 5.73 Å². The van der Waals surface area contributed by atoms with Crippen LogP contribution in [-0.4, -0.2) is 39.2 Å². The van der Waals surface area contributed by atoms with Gasteiger partial charge in [-0.3, -0.25) is 4.90 Å². The van der Waals surface area contributed by atoms with Crippen LogP contribution in [0.2, 0.25) is 0 Å². The van der Waals surface area contributed by atoms with Crippen LogP contribution in [0.25, 0.3) is 0 Å². The molecule has 0 spiro atoms. The molecule has 0 amide bonds. The van der Waals surface area contributed by atoms with E-state index in [1.165, 1.54) is 12.6 Å². The first-order valence-corrected chi connectivity index (χ1v) is 6.55. The molecule has 15 heavy (non-hydrogen) atoms. The molecule has 2 aliphatic heterocycles. The summed E-state index contributed by atoms with van der Waals surface area (Å²) >= 11 is 0. The normalized spacial score (nSPS) is 26.1. The summed E-state index contributed by atoms with van der Waals surface area (Å²) in [7, 11) is -3.45. The lowest BCUT2D eigenvalue weighted by atomic mass is 10.1. The second-order valence-electron chi connectivity index (χ2n) is 3.92. The standard InChI is InChI=1S/C9H15N3O2S/c10-8-6-11-15(13,14)9(8)7-12-4-2-1-3-5-12/h6H,1-5,7,10H2. The quantitative estimate of drug-likeness (QED) is 0.726. The zero-order chi connectivity index (χ0) is 10.9. The minimum absolute atomic E-state index is 0.268. The highest BCUT2D eigenvalue weighted by molar-refractivity contribution is 7.94. The maximum atomic E-state index is 11.5. The fraction of sp³-hybridized carbons (Fsp3) is 0.667. The molecule has 0 saturated carbocycles. The van der Waals surface area contributed by atoms with Gasteiger partial charge in [0.05, 0.1) is 11.9 Å². The van der Waals surface area contributed by atoms with E-state index in [0.717, 1.165) is 25.9 Å². The molecule has 2 N–H and O–H groups in total. The van der Waals surface area contributed by atoms with Gasteiger partial charge in [-0.05, 0) is 25.9 Å². The molecule has 0 radical (unpaired) electrons. The molecule has 1 saturated heterocycles. The number of hydrogen-bond donors (Lipinski definition) is 1. The Kier molecular flexibility index (Phi) is 2.79. The first-order valence-electron chi connectivity index (χ1n) is 5.11. The fourth-order valence-electron chi connectivity index (χ4n) is 1.90. The van der Waals surface area contributed by atoms with E-state index in [0.29, 0.717) is 12.2 Å². The number of allylic oxidation sites excluding steroid dienone is 1. The summed E-state index contributed by atoms with van der Waals surface area (Å²) in [6.45, 7) is 2.31. The van der Waals surface area contributed by atoms with Crippen LogP contribution in [0, 0.1) is 0 Å². The van der Waals surface area contributed by atoms with Crippen LogP contribution >= 0.6 is 0 Å². The minimum atomic E-state index is -3.45. The summed E-state index contributed by atoms with van der Waals surface area (Å²) in [5, 5.41) is 0. The van der Waals surface area contributed by atoms with Crippen molar-refractivity contribution in [2.24, 2.45) is 10.1 Å². The molecule has 0 bridgehead atoms. The molecule has 2 aliphatic rings. The number of nitrogens with two attached hydrogens (primary N) is 1. The van der Waals surface area contributed by atoms with Crippen molar-refractivity contribution in [3.63, 3.8) is 0 Å². The largest absolute Gasteiger partial charge is 0.397 e. The molecule has 6 heteroatoms. The van der Waals surface area contributed by atoms with Gasteiger partial charge in [0.1, 0.15) is 4.91 Å². The van der Waals surface area contributed by atoms with Gasteiger partial charge in [-0.2, -0.15) is 12.8 Å². The highest BCUT2D eigenvalue weighted by Crippen LogP contribution is 2.20. The molecule has 2 heterocycles. The lowest BCUT2D eigenvalue weighted by Crippen LogP contribution is -2.33. The van der Waals surface area contributed by atoms with Gasteiger partial charge in [-0.25, -0.2) is 0 Å². The van der Waals surface area contributed by atoms with Gasteiger partial charge in [0.25, 0.3) is 10.0 Å². The summed E-state index contributed by atoms with van der Waals surface area (Å²) in [4.78, 5) is 2.39. The van der Waals surface area contributed by atoms with Gasteiger partial charge in [0, 0.05) is 6.54 Å². The monoisotopic (exact) mass is 229 g/mol. The SMILES string of the molecule is NC1=C(CN2CCCCC2)S(=O)(=O)N=C1. The van der Waals surface area contributed by atoms with E-state index in [2.05, 4.69) is 9.30 Å². The summed E-state index contributed by atoms with van der Waals surface area (Å²) in [5.74, 6) is 0. The second kappa shape index (κ2) is 3.94. The van der Waals surface area contributed by atoms with Crippen molar-refractivity contribution in [1.82, 2.24) is 4.90 Å². The fourth-order valence-corrected chi connectivity index (χ4v) is 2.98. The van der Waals surface area contributed by atoms with Gasteiger partial charge >= 0.3 is 0 Å². The van der Waals surface area contributed by atoms with E-state index in [1.54, 1.807) is 0 Å². The summed E-state index contributed by atoms with van der Waals surface area (Å²) in [6.07, 6.45) is 4.73. The molecule has 5 nitrogen and oxygen atoms in total. The topological polar surface area (TPSA) is 75.8 Å². The third-order valence-corrected chi connectivity index (χ3v) is 4.15. The first kappa shape index (κ1) is 10.6. The number of nitrogens with zero attached hydrogens (tertiary/aromatic N) is 2. The average Bonchev–Trinajstić information content (AvgIpc) is 2.47. The van der Waals surface area contributed by atoms with Crippen molar-refractivity contribution >= 4 is 16.2 Å². The van der Waals surface area contributed by atoms with Crippen molar-refractivity contribution in [3.05, 3.63) is 10.6 Å². The molecule has 84 valence electrons. The number of likely N-dealkylation sites (tertiary alicyclic amines) is 1. The maximum Gasteiger partial charge on any atom is 0.281 e. The Labute approximate surface area is 89.7 Å². The van der Waals surface area contributed by atoms with E-state index < -0.39 is 10.0 Å². The highest BCUT2D eigenvalue weighted by Gasteiger charge is 2.26. The van der Waals surface area contributed by atoms with Crippen LogP contribution in [0.1, 0.15) is 19.3 Å². The van der Waals surface area contributed by atoms with E-state index >= 15 is 0 Å². The van der Waals surface area contributed by atoms with Gasteiger partial charge in [0.15, 0.2) is 0 Å². The second-order valence-corrected chi connectivity index (χ2v) is 5.58. The maximum absolute atomic E-state index is 11.5. The van der Waals surface area contributed by atoms with Crippen molar-refractivity contribution in [2.75, 3.05) is 19.6 Å². The Bertz CT molecular complexity index is 405. The Morgan fingerprint density at radius 2 is 2.00 bits per heavy atom. The van der Waals surface area contributed by atoms with Gasteiger partial charge in [-0.1, -0.05) is 6.42 Å².